The molecule has 0 aliphatic rings. The second-order valence-corrected chi connectivity index (χ2v) is 5.53. The summed E-state index contributed by atoms with van der Waals surface area (Å²) in [4.78, 5) is 25.6. The van der Waals surface area contributed by atoms with E-state index in [1.165, 1.54) is 37.7 Å². The summed E-state index contributed by atoms with van der Waals surface area (Å²) < 4.78 is 15.4. The zero-order chi connectivity index (χ0) is 20.5. The maximum atomic E-state index is 11.3. The Labute approximate surface area is 165 Å². The van der Waals surface area contributed by atoms with Gasteiger partial charge in [-0.25, -0.2) is 9.78 Å². The number of halogens is 1. The number of hydrogen-bond donors (Lipinski definition) is 1. The first kappa shape index (κ1) is 20.9. The molecule has 0 saturated heterocycles. The Morgan fingerprint density at radius 2 is 2.21 bits per heavy atom. The van der Waals surface area contributed by atoms with E-state index >= 15 is 0 Å². The molecule has 0 spiro atoms. The lowest BCUT2D eigenvalue weighted by Gasteiger charge is -2.13. The van der Waals surface area contributed by atoms with Crippen molar-refractivity contribution in [2.24, 2.45) is 5.10 Å². The molecule has 0 aliphatic heterocycles. The van der Waals surface area contributed by atoms with Crippen LogP contribution in [0.4, 0.5) is 11.5 Å². The third kappa shape index (κ3) is 5.55. The number of carbonyl (C=O) groups is 1. The molecular weight excluding hydrogens is 392 g/mol. The summed E-state index contributed by atoms with van der Waals surface area (Å²) in [6.07, 6.45) is 2.79. The van der Waals surface area contributed by atoms with Crippen LogP contribution in [0.15, 0.2) is 35.6 Å². The standard InChI is InChI=1S/C17H17ClN4O6/c1-3-27-14-8-11(7-12(18)16(14)28-10-15(23)26-2)9-20-21-17-13(22(24)25)5-4-6-19-17/h4-9H,3,10H2,1-2H3,(H,19,21)/b20-9-. The number of anilines is 1. The van der Waals surface area contributed by atoms with Crippen LogP contribution in [0.3, 0.4) is 0 Å². The normalized spacial score (nSPS) is 10.5. The molecule has 0 radical (unpaired) electrons. The average molecular weight is 409 g/mol. The van der Waals surface area contributed by atoms with Crippen LogP contribution in [0.2, 0.25) is 5.02 Å². The van der Waals surface area contributed by atoms with Crippen molar-refractivity contribution in [3.05, 3.63) is 51.2 Å². The lowest BCUT2D eigenvalue weighted by molar-refractivity contribution is -0.384. The number of rotatable bonds is 9. The molecule has 0 bridgehead atoms. The molecule has 0 fully saturated rings. The van der Waals surface area contributed by atoms with Gasteiger partial charge in [0.1, 0.15) is 0 Å². The Balaban J connectivity index is 2.21. The van der Waals surface area contributed by atoms with Crippen LogP contribution >= 0.6 is 11.6 Å². The van der Waals surface area contributed by atoms with Gasteiger partial charge >= 0.3 is 11.7 Å². The number of pyridine rings is 1. The van der Waals surface area contributed by atoms with Crippen molar-refractivity contribution >= 4 is 35.3 Å². The van der Waals surface area contributed by atoms with Crippen molar-refractivity contribution < 1.29 is 23.9 Å². The maximum absolute atomic E-state index is 11.3. The van der Waals surface area contributed by atoms with Crippen molar-refractivity contribution in [1.29, 1.82) is 0 Å². The molecule has 1 aromatic carbocycles. The molecule has 1 aromatic heterocycles. The van der Waals surface area contributed by atoms with E-state index in [2.05, 4.69) is 20.2 Å². The molecule has 1 N–H and O–H groups in total. The Morgan fingerprint density at radius 3 is 2.89 bits per heavy atom. The van der Waals surface area contributed by atoms with Crippen molar-refractivity contribution in [2.45, 2.75) is 6.92 Å². The minimum absolute atomic E-state index is 0.00194. The number of carbonyl (C=O) groups excluding carboxylic acids is 1. The van der Waals surface area contributed by atoms with Crippen LogP contribution in [-0.4, -0.2) is 42.4 Å². The summed E-state index contributed by atoms with van der Waals surface area (Å²) in [6, 6.07) is 5.89. The van der Waals surface area contributed by atoms with Crippen LogP contribution in [0.5, 0.6) is 11.5 Å². The second-order valence-electron chi connectivity index (χ2n) is 5.13. The predicted molar refractivity (Wildman–Crippen MR) is 102 cm³/mol. The minimum atomic E-state index is -0.567. The minimum Gasteiger partial charge on any atom is -0.490 e. The molecular formula is C17H17ClN4O6. The van der Waals surface area contributed by atoms with Crippen molar-refractivity contribution in [3.63, 3.8) is 0 Å². The van der Waals surface area contributed by atoms with Crippen LogP contribution in [0.25, 0.3) is 0 Å². The third-order valence-corrected chi connectivity index (χ3v) is 3.54. The van der Waals surface area contributed by atoms with E-state index < -0.39 is 10.9 Å². The maximum Gasteiger partial charge on any atom is 0.343 e. The number of nitro groups is 1. The summed E-state index contributed by atoms with van der Waals surface area (Å²) >= 11 is 6.22. The van der Waals surface area contributed by atoms with Gasteiger partial charge in [0.05, 0.1) is 29.9 Å². The van der Waals surface area contributed by atoms with Gasteiger partial charge in [-0.3, -0.25) is 15.5 Å². The van der Waals surface area contributed by atoms with Gasteiger partial charge in [0.25, 0.3) is 0 Å². The number of esters is 1. The molecule has 0 amide bonds. The van der Waals surface area contributed by atoms with Crippen molar-refractivity contribution in [1.82, 2.24) is 4.98 Å². The first-order chi connectivity index (χ1) is 13.5. The van der Waals surface area contributed by atoms with E-state index in [9.17, 15) is 14.9 Å². The number of hydrazone groups is 1. The number of nitrogens with zero attached hydrogens (tertiary/aromatic N) is 3. The van der Waals surface area contributed by atoms with Gasteiger partial charge in [-0.1, -0.05) is 11.6 Å². The van der Waals surface area contributed by atoms with Gasteiger partial charge in [-0.15, -0.1) is 0 Å². The molecule has 0 atom stereocenters. The number of nitrogens with one attached hydrogen (secondary N) is 1. The van der Waals surface area contributed by atoms with E-state index in [1.54, 1.807) is 13.0 Å². The predicted octanol–water partition coefficient (Wildman–Crippen LogP) is 3.04. The van der Waals surface area contributed by atoms with Gasteiger partial charge in [0.2, 0.25) is 5.82 Å². The number of ether oxygens (including phenoxy) is 3. The van der Waals surface area contributed by atoms with Gasteiger partial charge < -0.3 is 14.2 Å². The fourth-order valence-corrected chi connectivity index (χ4v) is 2.33. The summed E-state index contributed by atoms with van der Waals surface area (Å²) in [6.45, 7) is 1.79. The van der Waals surface area contributed by atoms with Gasteiger partial charge in [-0.2, -0.15) is 5.10 Å². The van der Waals surface area contributed by atoms with Crippen LogP contribution in [-0.2, 0) is 9.53 Å². The topological polar surface area (TPSA) is 125 Å². The Kier molecular flexibility index (Phi) is 7.52. The molecule has 0 saturated carbocycles. The zero-order valence-corrected chi connectivity index (χ0v) is 15.8. The lowest BCUT2D eigenvalue weighted by atomic mass is 10.2. The Morgan fingerprint density at radius 1 is 1.43 bits per heavy atom. The van der Waals surface area contributed by atoms with Crippen LogP contribution < -0.4 is 14.9 Å². The highest BCUT2D eigenvalue weighted by Gasteiger charge is 2.15. The third-order valence-electron chi connectivity index (χ3n) is 3.26. The molecule has 11 heteroatoms. The van der Waals surface area contributed by atoms with Crippen molar-refractivity contribution in [3.8, 4) is 11.5 Å². The Bertz CT molecular complexity index is 890. The SMILES string of the molecule is CCOc1cc(/C=N\Nc2ncccc2[N+](=O)[O-])cc(Cl)c1OCC(=O)OC. The number of hydrogen-bond acceptors (Lipinski definition) is 9. The molecule has 0 aliphatic carbocycles. The molecule has 1 heterocycles. The number of aromatic nitrogens is 1. The molecule has 0 unspecified atom stereocenters. The molecule has 148 valence electrons. The Hall–Kier alpha value is -3.40. The number of methoxy groups -OCH3 is 1. The summed E-state index contributed by atoms with van der Waals surface area (Å²) in [5, 5.41) is 15.1. The summed E-state index contributed by atoms with van der Waals surface area (Å²) in [5.41, 5.74) is 2.84. The quantitative estimate of drug-likeness (QED) is 0.290. The highest BCUT2D eigenvalue weighted by molar-refractivity contribution is 6.32. The number of benzene rings is 1. The summed E-state index contributed by atoms with van der Waals surface area (Å²) in [5.74, 6) is -0.0632. The average Bonchev–Trinajstić information content (AvgIpc) is 2.67. The molecule has 28 heavy (non-hydrogen) atoms. The van der Waals surface area contributed by atoms with E-state index in [0.717, 1.165) is 0 Å². The molecule has 2 rings (SSSR count). The first-order valence-corrected chi connectivity index (χ1v) is 8.38. The monoisotopic (exact) mass is 408 g/mol. The first-order valence-electron chi connectivity index (χ1n) is 8.00. The fraction of sp³-hybridized carbons (Fsp3) is 0.235. The summed E-state index contributed by atoms with van der Waals surface area (Å²) in [7, 11) is 1.25. The lowest BCUT2D eigenvalue weighted by Crippen LogP contribution is -2.13. The fourth-order valence-electron chi connectivity index (χ4n) is 2.05. The molecule has 10 nitrogen and oxygen atoms in total. The van der Waals surface area contributed by atoms with E-state index in [4.69, 9.17) is 21.1 Å². The van der Waals surface area contributed by atoms with E-state index in [0.29, 0.717) is 17.9 Å². The van der Waals surface area contributed by atoms with Crippen LogP contribution in [0, 0.1) is 10.1 Å². The zero-order valence-electron chi connectivity index (χ0n) is 15.0. The van der Waals surface area contributed by atoms with Gasteiger partial charge in [-0.05, 0) is 30.7 Å². The smallest absolute Gasteiger partial charge is 0.343 e. The largest absolute Gasteiger partial charge is 0.490 e. The van der Waals surface area contributed by atoms with Gasteiger partial charge in [0.15, 0.2) is 18.1 Å². The van der Waals surface area contributed by atoms with E-state index in [1.807, 2.05) is 0 Å². The highest BCUT2D eigenvalue weighted by atomic mass is 35.5. The highest BCUT2D eigenvalue weighted by Crippen LogP contribution is 2.36. The van der Waals surface area contributed by atoms with Crippen LogP contribution in [0.1, 0.15) is 12.5 Å². The van der Waals surface area contributed by atoms with E-state index in [-0.39, 0.29) is 28.9 Å². The van der Waals surface area contributed by atoms with Crippen molar-refractivity contribution in [2.75, 3.05) is 25.7 Å². The second kappa shape index (κ2) is 10.1. The molecule has 2 aromatic rings. The van der Waals surface area contributed by atoms with Gasteiger partial charge in [0, 0.05) is 12.3 Å².